The minimum atomic E-state index is 0.109. The maximum absolute atomic E-state index is 9.25. The van der Waals surface area contributed by atoms with Gasteiger partial charge in [-0.1, -0.05) is 19.8 Å². The van der Waals surface area contributed by atoms with Gasteiger partial charge in [0.05, 0.1) is 25.1 Å². The van der Waals surface area contributed by atoms with Crippen LogP contribution >= 0.6 is 0 Å². The van der Waals surface area contributed by atoms with Crippen LogP contribution in [-0.2, 0) is 4.74 Å². The first-order chi connectivity index (χ1) is 11.6. The third-order valence-corrected chi connectivity index (χ3v) is 3.42. The Morgan fingerprint density at radius 2 is 2.12 bits per heavy atom. The summed E-state index contributed by atoms with van der Waals surface area (Å²) in [5, 5.41) is 19.9. The molecule has 1 heterocycles. The SMILES string of the molecule is CCCC[C@@H](CCO)Nc1nc(C=N)ncc1OCCOC(C)C. The van der Waals surface area contributed by atoms with Gasteiger partial charge in [0.15, 0.2) is 17.4 Å². The Morgan fingerprint density at radius 3 is 2.75 bits per heavy atom. The number of ether oxygens (including phenoxy) is 2. The Morgan fingerprint density at radius 1 is 1.33 bits per heavy atom. The number of hydrogen-bond donors (Lipinski definition) is 3. The highest BCUT2D eigenvalue weighted by Crippen LogP contribution is 2.23. The molecule has 136 valence electrons. The fourth-order valence-corrected chi connectivity index (χ4v) is 2.19. The maximum Gasteiger partial charge on any atom is 0.180 e. The number of aliphatic hydroxyl groups excluding tert-OH is 1. The second-order valence-electron chi connectivity index (χ2n) is 5.85. The molecule has 24 heavy (non-hydrogen) atoms. The van der Waals surface area contributed by atoms with Crippen molar-refractivity contribution < 1.29 is 14.6 Å². The minimum Gasteiger partial charge on any atom is -0.486 e. The summed E-state index contributed by atoms with van der Waals surface area (Å²) < 4.78 is 11.2. The number of anilines is 1. The minimum absolute atomic E-state index is 0.109. The van der Waals surface area contributed by atoms with Crippen LogP contribution in [0.4, 0.5) is 5.82 Å². The summed E-state index contributed by atoms with van der Waals surface area (Å²) in [6, 6.07) is 0.109. The smallest absolute Gasteiger partial charge is 0.180 e. The first-order valence-corrected chi connectivity index (χ1v) is 8.60. The molecule has 1 atom stereocenters. The molecular weight excluding hydrogens is 308 g/mol. The topological polar surface area (TPSA) is 100 Å². The molecule has 0 aliphatic rings. The lowest BCUT2D eigenvalue weighted by atomic mass is 10.1. The van der Waals surface area contributed by atoms with Crippen LogP contribution in [0.25, 0.3) is 0 Å². The zero-order chi connectivity index (χ0) is 17.8. The van der Waals surface area contributed by atoms with Crippen molar-refractivity contribution in [1.82, 2.24) is 9.97 Å². The molecule has 7 heteroatoms. The molecule has 0 aliphatic carbocycles. The largest absolute Gasteiger partial charge is 0.486 e. The van der Waals surface area contributed by atoms with Crippen LogP contribution in [0.2, 0.25) is 0 Å². The quantitative estimate of drug-likeness (QED) is 0.378. The Labute approximate surface area is 144 Å². The van der Waals surface area contributed by atoms with E-state index in [0.717, 1.165) is 25.5 Å². The van der Waals surface area contributed by atoms with Gasteiger partial charge in [-0.2, -0.15) is 0 Å². The van der Waals surface area contributed by atoms with E-state index >= 15 is 0 Å². The van der Waals surface area contributed by atoms with E-state index in [1.54, 1.807) is 6.20 Å². The van der Waals surface area contributed by atoms with E-state index in [-0.39, 0.29) is 18.8 Å². The number of nitrogens with zero attached hydrogens (tertiary/aromatic N) is 2. The zero-order valence-corrected chi connectivity index (χ0v) is 14.9. The molecule has 1 aromatic rings. The van der Waals surface area contributed by atoms with Gasteiger partial charge in [-0.3, -0.25) is 0 Å². The first kappa shape index (κ1) is 20.3. The van der Waals surface area contributed by atoms with E-state index in [2.05, 4.69) is 22.2 Å². The third-order valence-electron chi connectivity index (χ3n) is 3.42. The van der Waals surface area contributed by atoms with Crippen molar-refractivity contribution >= 4 is 12.0 Å². The summed E-state index contributed by atoms with van der Waals surface area (Å²) in [7, 11) is 0. The van der Waals surface area contributed by atoms with E-state index in [4.69, 9.17) is 14.9 Å². The van der Waals surface area contributed by atoms with Crippen molar-refractivity contribution in [3.63, 3.8) is 0 Å². The second-order valence-corrected chi connectivity index (χ2v) is 5.85. The van der Waals surface area contributed by atoms with Gasteiger partial charge in [0.2, 0.25) is 0 Å². The Kier molecular flexibility index (Phi) is 9.95. The van der Waals surface area contributed by atoms with E-state index in [0.29, 0.717) is 37.0 Å². The molecule has 7 nitrogen and oxygen atoms in total. The van der Waals surface area contributed by atoms with Gasteiger partial charge in [-0.05, 0) is 26.7 Å². The van der Waals surface area contributed by atoms with E-state index in [9.17, 15) is 5.11 Å². The predicted octanol–water partition coefficient (Wildman–Crippen LogP) is 2.63. The lowest BCUT2D eigenvalue weighted by molar-refractivity contribution is 0.0552. The molecule has 0 bridgehead atoms. The Bertz CT molecular complexity index is 483. The highest BCUT2D eigenvalue weighted by atomic mass is 16.5. The molecule has 0 unspecified atom stereocenters. The summed E-state index contributed by atoms with van der Waals surface area (Å²) in [6.45, 7) is 7.09. The van der Waals surface area contributed by atoms with Crippen LogP contribution in [-0.4, -0.2) is 53.3 Å². The monoisotopic (exact) mass is 338 g/mol. The molecule has 3 N–H and O–H groups in total. The van der Waals surface area contributed by atoms with Gasteiger partial charge in [0.25, 0.3) is 0 Å². The Balaban J connectivity index is 2.77. The van der Waals surface area contributed by atoms with Gasteiger partial charge in [-0.15, -0.1) is 0 Å². The number of rotatable bonds is 13. The lowest BCUT2D eigenvalue weighted by Crippen LogP contribution is -2.23. The van der Waals surface area contributed by atoms with Crippen molar-refractivity contribution in [3.8, 4) is 5.75 Å². The molecule has 0 saturated carbocycles. The summed E-state index contributed by atoms with van der Waals surface area (Å²) in [6.07, 6.45) is 6.57. The molecular formula is C17H30N4O3. The van der Waals surface area contributed by atoms with Crippen LogP contribution in [0, 0.1) is 5.41 Å². The van der Waals surface area contributed by atoms with Gasteiger partial charge in [0.1, 0.15) is 6.61 Å². The molecule has 0 aromatic carbocycles. The molecule has 1 aromatic heterocycles. The lowest BCUT2D eigenvalue weighted by Gasteiger charge is -2.20. The van der Waals surface area contributed by atoms with Crippen molar-refractivity contribution in [3.05, 3.63) is 12.0 Å². The zero-order valence-electron chi connectivity index (χ0n) is 14.9. The molecule has 0 fully saturated rings. The number of aromatic nitrogens is 2. The van der Waals surface area contributed by atoms with Crippen LogP contribution < -0.4 is 10.1 Å². The standard InChI is InChI=1S/C17H30N4O3/c1-4-5-6-14(7-8-22)20-17-15(12-19-16(11-18)21-17)24-10-9-23-13(2)3/h11-14,18,22H,4-10H2,1-3H3,(H,19,20,21)/t14-/m0/s1. The van der Waals surface area contributed by atoms with E-state index < -0.39 is 0 Å². The van der Waals surface area contributed by atoms with Gasteiger partial charge in [-0.25, -0.2) is 9.97 Å². The molecule has 1 rings (SSSR count). The summed E-state index contributed by atoms with van der Waals surface area (Å²) in [4.78, 5) is 8.40. The number of aliphatic hydroxyl groups is 1. The molecule has 0 amide bonds. The molecule has 0 aliphatic heterocycles. The van der Waals surface area contributed by atoms with Crippen molar-refractivity contribution in [1.29, 1.82) is 5.41 Å². The number of nitrogens with one attached hydrogen (secondary N) is 2. The van der Waals surface area contributed by atoms with Gasteiger partial charge < -0.3 is 25.3 Å². The summed E-state index contributed by atoms with van der Waals surface area (Å²) in [5.41, 5.74) is 0. The molecule has 0 saturated heterocycles. The normalized spacial score (nSPS) is 12.2. The van der Waals surface area contributed by atoms with Crippen LogP contribution in [0.5, 0.6) is 5.75 Å². The average molecular weight is 338 g/mol. The fourth-order valence-electron chi connectivity index (χ4n) is 2.19. The molecule has 0 spiro atoms. The third kappa shape index (κ3) is 7.70. The average Bonchev–Trinajstić information content (AvgIpc) is 2.57. The predicted molar refractivity (Wildman–Crippen MR) is 95.1 cm³/mol. The van der Waals surface area contributed by atoms with E-state index in [1.807, 2.05) is 13.8 Å². The van der Waals surface area contributed by atoms with Crippen molar-refractivity contribution in [2.75, 3.05) is 25.1 Å². The van der Waals surface area contributed by atoms with E-state index in [1.165, 1.54) is 0 Å². The van der Waals surface area contributed by atoms with Gasteiger partial charge >= 0.3 is 0 Å². The van der Waals surface area contributed by atoms with Crippen LogP contribution in [0.1, 0.15) is 52.3 Å². The first-order valence-electron chi connectivity index (χ1n) is 8.60. The second kappa shape index (κ2) is 11.8. The molecule has 0 radical (unpaired) electrons. The summed E-state index contributed by atoms with van der Waals surface area (Å²) in [5.74, 6) is 1.41. The maximum atomic E-state index is 9.25. The highest BCUT2D eigenvalue weighted by Gasteiger charge is 2.14. The Hall–Kier alpha value is -1.73. The number of hydrogen-bond acceptors (Lipinski definition) is 7. The van der Waals surface area contributed by atoms with Crippen molar-refractivity contribution in [2.45, 2.75) is 58.6 Å². The van der Waals surface area contributed by atoms with Crippen LogP contribution in [0.3, 0.4) is 0 Å². The summed E-state index contributed by atoms with van der Waals surface area (Å²) >= 11 is 0. The highest BCUT2D eigenvalue weighted by molar-refractivity contribution is 5.72. The van der Waals surface area contributed by atoms with Crippen LogP contribution in [0.15, 0.2) is 6.20 Å². The van der Waals surface area contributed by atoms with Crippen molar-refractivity contribution in [2.24, 2.45) is 0 Å². The van der Waals surface area contributed by atoms with Gasteiger partial charge in [0, 0.05) is 12.6 Å². The number of unbranched alkanes of at least 4 members (excludes halogenated alkanes) is 1. The fraction of sp³-hybridized carbons (Fsp3) is 0.706.